The highest BCUT2D eigenvalue weighted by Crippen LogP contribution is 2.17. The van der Waals surface area contributed by atoms with Gasteiger partial charge in [0.25, 0.3) is 0 Å². The maximum Gasteiger partial charge on any atom is 0.238 e. The molecule has 0 amide bonds. The van der Waals surface area contributed by atoms with Crippen molar-refractivity contribution >= 4 is 21.9 Å². The topological polar surface area (TPSA) is 102 Å². The lowest BCUT2D eigenvalue weighted by molar-refractivity contribution is 0.598. The van der Waals surface area contributed by atoms with Gasteiger partial charge in [-0.2, -0.15) is 10.2 Å². The van der Waals surface area contributed by atoms with Crippen molar-refractivity contribution in [2.75, 3.05) is 5.43 Å². The van der Waals surface area contributed by atoms with Crippen molar-refractivity contribution in [3.8, 4) is 5.69 Å². The number of aryl methyl sites for hydroxylation is 1. The summed E-state index contributed by atoms with van der Waals surface area (Å²) in [6.07, 6.45) is 1.70. The number of hydrogen-bond donors (Lipinski definition) is 2. The molecule has 3 rings (SSSR count). The number of hydrogen-bond acceptors (Lipinski definition) is 5. The molecule has 0 spiro atoms. The monoisotopic (exact) mass is 369 g/mol. The average molecular weight is 369 g/mol. The Balaban J connectivity index is 1.78. The molecule has 26 heavy (non-hydrogen) atoms. The van der Waals surface area contributed by atoms with Crippen LogP contribution in [0.1, 0.15) is 17.0 Å². The zero-order chi connectivity index (χ0) is 18.7. The van der Waals surface area contributed by atoms with Gasteiger partial charge in [-0.15, -0.1) is 0 Å². The lowest BCUT2D eigenvalue weighted by Crippen LogP contribution is -2.11. The van der Waals surface area contributed by atoms with Crippen molar-refractivity contribution in [3.05, 3.63) is 71.5 Å². The lowest BCUT2D eigenvalue weighted by atomic mass is 10.2. The summed E-state index contributed by atoms with van der Waals surface area (Å²) >= 11 is 0. The molecular formula is C18H19N5O2S. The van der Waals surface area contributed by atoms with Crippen molar-refractivity contribution in [1.29, 1.82) is 0 Å². The van der Waals surface area contributed by atoms with Gasteiger partial charge in [0.1, 0.15) is 0 Å². The Morgan fingerprint density at radius 1 is 1.08 bits per heavy atom. The van der Waals surface area contributed by atoms with Gasteiger partial charge in [-0.25, -0.2) is 18.2 Å². The molecular weight excluding hydrogens is 350 g/mol. The fourth-order valence-electron chi connectivity index (χ4n) is 2.55. The van der Waals surface area contributed by atoms with Crippen LogP contribution >= 0.6 is 0 Å². The van der Waals surface area contributed by atoms with Crippen LogP contribution in [0.3, 0.4) is 0 Å². The molecule has 0 saturated heterocycles. The number of benzene rings is 2. The van der Waals surface area contributed by atoms with Crippen LogP contribution in [0.4, 0.5) is 5.69 Å². The average Bonchev–Trinajstić information content (AvgIpc) is 2.90. The van der Waals surface area contributed by atoms with E-state index in [2.05, 4.69) is 15.6 Å². The van der Waals surface area contributed by atoms with Crippen molar-refractivity contribution in [1.82, 2.24) is 9.78 Å². The standard InChI is InChI=1S/C18H19N5O2S/c1-13-18(14(2)23(22-13)16-6-4-3-5-7-16)12-20-21-15-8-10-17(11-9-15)26(19,24)25/h3-12,21H,1-2H3,(H2,19,24,25)/b20-12-. The summed E-state index contributed by atoms with van der Waals surface area (Å²) in [6, 6.07) is 15.9. The molecule has 0 radical (unpaired) electrons. The molecule has 0 bridgehead atoms. The smallest absolute Gasteiger partial charge is 0.238 e. The molecule has 3 N–H and O–H groups in total. The fourth-order valence-corrected chi connectivity index (χ4v) is 3.07. The normalized spacial score (nSPS) is 11.8. The second-order valence-corrected chi connectivity index (χ2v) is 7.33. The number of rotatable bonds is 5. The van der Waals surface area contributed by atoms with Gasteiger partial charge in [0.2, 0.25) is 10.0 Å². The molecule has 0 aliphatic heterocycles. The second-order valence-electron chi connectivity index (χ2n) is 5.77. The van der Waals surface area contributed by atoms with Crippen LogP contribution in [0.5, 0.6) is 0 Å². The Bertz CT molecular complexity index is 1040. The van der Waals surface area contributed by atoms with Gasteiger partial charge >= 0.3 is 0 Å². The Hall–Kier alpha value is -2.97. The first-order chi connectivity index (χ1) is 12.4. The molecule has 1 aromatic heterocycles. The summed E-state index contributed by atoms with van der Waals surface area (Å²) in [5.74, 6) is 0. The Morgan fingerprint density at radius 3 is 2.35 bits per heavy atom. The lowest BCUT2D eigenvalue weighted by Gasteiger charge is -2.04. The minimum absolute atomic E-state index is 0.0582. The largest absolute Gasteiger partial charge is 0.279 e. The first kappa shape index (κ1) is 17.8. The van der Waals surface area contributed by atoms with Gasteiger partial charge in [-0.1, -0.05) is 18.2 Å². The third-order valence-corrected chi connectivity index (χ3v) is 4.85. The number of sulfonamides is 1. The number of nitrogens with two attached hydrogens (primary N) is 1. The van der Waals surface area contributed by atoms with E-state index in [1.807, 2.05) is 48.9 Å². The van der Waals surface area contributed by atoms with E-state index in [9.17, 15) is 8.42 Å². The highest BCUT2D eigenvalue weighted by Gasteiger charge is 2.11. The predicted molar refractivity (Wildman–Crippen MR) is 102 cm³/mol. The van der Waals surface area contributed by atoms with Gasteiger partial charge in [0.15, 0.2) is 0 Å². The van der Waals surface area contributed by atoms with Crippen LogP contribution in [-0.4, -0.2) is 24.4 Å². The molecule has 0 aliphatic carbocycles. The zero-order valence-corrected chi connectivity index (χ0v) is 15.2. The van der Waals surface area contributed by atoms with Gasteiger partial charge < -0.3 is 0 Å². The molecule has 1 heterocycles. The van der Waals surface area contributed by atoms with Gasteiger partial charge in [-0.3, -0.25) is 5.43 Å². The first-order valence-electron chi connectivity index (χ1n) is 7.90. The first-order valence-corrected chi connectivity index (χ1v) is 9.44. The number of anilines is 1. The Kier molecular flexibility index (Phi) is 4.88. The molecule has 7 nitrogen and oxygen atoms in total. The van der Waals surface area contributed by atoms with Crippen LogP contribution < -0.4 is 10.6 Å². The van der Waals surface area contributed by atoms with E-state index in [0.717, 1.165) is 22.6 Å². The molecule has 8 heteroatoms. The molecule has 0 aliphatic rings. The van der Waals surface area contributed by atoms with E-state index in [1.54, 1.807) is 18.3 Å². The van der Waals surface area contributed by atoms with Crippen molar-refractivity contribution in [3.63, 3.8) is 0 Å². The highest BCUT2D eigenvalue weighted by molar-refractivity contribution is 7.89. The number of primary sulfonamides is 1. The predicted octanol–water partition coefficient (Wildman–Crippen LogP) is 2.58. The summed E-state index contributed by atoms with van der Waals surface area (Å²) < 4.78 is 24.4. The summed E-state index contributed by atoms with van der Waals surface area (Å²) in [4.78, 5) is 0.0582. The molecule has 134 valence electrons. The molecule has 0 fully saturated rings. The summed E-state index contributed by atoms with van der Waals surface area (Å²) in [6.45, 7) is 3.91. The number of aromatic nitrogens is 2. The zero-order valence-electron chi connectivity index (χ0n) is 14.4. The summed E-state index contributed by atoms with van der Waals surface area (Å²) in [5, 5.41) is 13.9. The van der Waals surface area contributed by atoms with E-state index in [1.165, 1.54) is 12.1 Å². The number of hydrazone groups is 1. The van der Waals surface area contributed by atoms with Crippen molar-refractivity contribution in [2.24, 2.45) is 10.2 Å². The Morgan fingerprint density at radius 2 is 1.73 bits per heavy atom. The number of para-hydroxylation sites is 1. The van der Waals surface area contributed by atoms with Crippen LogP contribution in [-0.2, 0) is 10.0 Å². The van der Waals surface area contributed by atoms with Crippen LogP contribution in [0.25, 0.3) is 5.69 Å². The third-order valence-electron chi connectivity index (χ3n) is 3.92. The summed E-state index contributed by atoms with van der Waals surface area (Å²) in [5.41, 5.74) is 7.27. The molecule has 3 aromatic rings. The Labute approximate surface area is 152 Å². The van der Waals surface area contributed by atoms with Crippen molar-refractivity contribution in [2.45, 2.75) is 18.7 Å². The van der Waals surface area contributed by atoms with E-state index in [-0.39, 0.29) is 4.90 Å². The fraction of sp³-hybridized carbons (Fsp3) is 0.111. The molecule has 0 saturated carbocycles. The minimum atomic E-state index is -3.70. The molecule has 0 atom stereocenters. The maximum atomic E-state index is 11.3. The van der Waals surface area contributed by atoms with E-state index >= 15 is 0 Å². The van der Waals surface area contributed by atoms with Crippen LogP contribution in [0.2, 0.25) is 0 Å². The van der Waals surface area contributed by atoms with Gasteiger partial charge in [-0.05, 0) is 50.2 Å². The highest BCUT2D eigenvalue weighted by atomic mass is 32.2. The second kappa shape index (κ2) is 7.11. The van der Waals surface area contributed by atoms with Gasteiger partial charge in [0, 0.05) is 5.56 Å². The minimum Gasteiger partial charge on any atom is -0.279 e. The molecule has 0 unspecified atom stereocenters. The number of nitrogens with one attached hydrogen (secondary N) is 1. The summed E-state index contributed by atoms with van der Waals surface area (Å²) in [7, 11) is -3.70. The van der Waals surface area contributed by atoms with Crippen molar-refractivity contribution < 1.29 is 8.42 Å². The SMILES string of the molecule is Cc1nn(-c2ccccc2)c(C)c1/C=N\Nc1ccc(S(N)(=O)=O)cc1. The van der Waals surface area contributed by atoms with Crippen LogP contribution in [0, 0.1) is 13.8 Å². The van der Waals surface area contributed by atoms with E-state index < -0.39 is 10.0 Å². The van der Waals surface area contributed by atoms with E-state index in [0.29, 0.717) is 5.69 Å². The molecule has 2 aromatic carbocycles. The quantitative estimate of drug-likeness (QED) is 0.533. The van der Waals surface area contributed by atoms with Gasteiger partial charge in [0.05, 0.1) is 33.9 Å². The maximum absolute atomic E-state index is 11.3. The van der Waals surface area contributed by atoms with E-state index in [4.69, 9.17) is 5.14 Å². The number of nitrogens with zero attached hydrogens (tertiary/aromatic N) is 3. The third kappa shape index (κ3) is 3.81. The van der Waals surface area contributed by atoms with Crippen LogP contribution in [0.15, 0.2) is 64.6 Å².